The number of aliphatic hydroxyl groups excluding tert-OH is 1. The largest absolute Gasteiger partial charge is 0.467 e. The molecule has 0 aromatic carbocycles. The average Bonchev–Trinajstić information content (AvgIpc) is 3.10. The summed E-state index contributed by atoms with van der Waals surface area (Å²) >= 11 is 0. The number of piperazine rings is 1. The first-order valence-corrected chi connectivity index (χ1v) is 7.84. The van der Waals surface area contributed by atoms with E-state index in [4.69, 9.17) is 9.15 Å². The van der Waals surface area contributed by atoms with Crippen molar-refractivity contribution in [3.63, 3.8) is 0 Å². The highest BCUT2D eigenvalue weighted by molar-refractivity contribution is 5.29. The van der Waals surface area contributed by atoms with Gasteiger partial charge in [0.1, 0.15) is 12.4 Å². The molecule has 0 amide bonds. The number of nitrogens with zero attached hydrogens (tertiary/aromatic N) is 4. The maximum Gasteiger partial charge on any atom is 0.225 e. The minimum absolute atomic E-state index is 0.308. The highest BCUT2D eigenvalue weighted by Gasteiger charge is 2.20. The summed E-state index contributed by atoms with van der Waals surface area (Å²) in [6, 6.07) is 5.50. The Hall–Kier alpha value is -1.96. The first kappa shape index (κ1) is 15.9. The second-order valence-electron chi connectivity index (χ2n) is 5.58. The van der Waals surface area contributed by atoms with Gasteiger partial charge in [0.15, 0.2) is 0 Å². The van der Waals surface area contributed by atoms with E-state index in [9.17, 15) is 5.11 Å². The van der Waals surface area contributed by atoms with Crippen LogP contribution in [-0.2, 0) is 11.3 Å². The highest BCUT2D eigenvalue weighted by Crippen LogP contribution is 2.10. The van der Waals surface area contributed by atoms with Gasteiger partial charge in [0.25, 0.3) is 0 Å². The Labute approximate surface area is 135 Å². The van der Waals surface area contributed by atoms with E-state index in [0.29, 0.717) is 19.8 Å². The topological polar surface area (TPSA) is 74.9 Å². The Morgan fingerprint density at radius 1 is 1.17 bits per heavy atom. The minimum atomic E-state index is -0.496. The molecule has 2 aromatic rings. The zero-order valence-electron chi connectivity index (χ0n) is 13.0. The van der Waals surface area contributed by atoms with Crippen LogP contribution in [0.3, 0.4) is 0 Å². The van der Waals surface area contributed by atoms with Gasteiger partial charge in [0.05, 0.1) is 19.0 Å². The van der Waals surface area contributed by atoms with Gasteiger partial charge in [0.2, 0.25) is 5.95 Å². The first-order chi connectivity index (χ1) is 11.3. The van der Waals surface area contributed by atoms with Gasteiger partial charge in [-0.05, 0) is 18.2 Å². The van der Waals surface area contributed by atoms with E-state index < -0.39 is 6.10 Å². The molecule has 0 saturated carbocycles. The fourth-order valence-corrected chi connectivity index (χ4v) is 2.63. The number of hydrogen-bond acceptors (Lipinski definition) is 7. The Balaban J connectivity index is 1.35. The second-order valence-corrected chi connectivity index (χ2v) is 5.58. The molecule has 3 heterocycles. The third-order valence-corrected chi connectivity index (χ3v) is 3.81. The van der Waals surface area contributed by atoms with Crippen molar-refractivity contribution in [1.82, 2.24) is 14.9 Å². The van der Waals surface area contributed by atoms with Gasteiger partial charge in [-0.3, -0.25) is 4.90 Å². The first-order valence-electron chi connectivity index (χ1n) is 7.84. The van der Waals surface area contributed by atoms with Crippen molar-refractivity contribution in [2.24, 2.45) is 0 Å². The van der Waals surface area contributed by atoms with Crippen LogP contribution in [0.25, 0.3) is 0 Å². The van der Waals surface area contributed by atoms with Crippen molar-refractivity contribution >= 4 is 5.95 Å². The van der Waals surface area contributed by atoms with Crippen LogP contribution in [0.5, 0.6) is 0 Å². The molecule has 1 N–H and O–H groups in total. The van der Waals surface area contributed by atoms with Gasteiger partial charge in [-0.25, -0.2) is 9.97 Å². The lowest BCUT2D eigenvalue weighted by atomic mass is 10.2. The summed E-state index contributed by atoms with van der Waals surface area (Å²) in [4.78, 5) is 12.9. The zero-order valence-corrected chi connectivity index (χ0v) is 13.0. The summed E-state index contributed by atoms with van der Waals surface area (Å²) in [5.41, 5.74) is 0. The van der Waals surface area contributed by atoms with E-state index >= 15 is 0 Å². The fourth-order valence-electron chi connectivity index (χ4n) is 2.63. The molecule has 0 bridgehead atoms. The van der Waals surface area contributed by atoms with Gasteiger partial charge in [-0.1, -0.05) is 0 Å². The SMILES string of the molecule is O[C@@H](COCc1ccco1)CN1CCN(c2ncccn2)CC1. The summed E-state index contributed by atoms with van der Waals surface area (Å²) in [5, 5.41) is 10.1. The normalized spacial score (nSPS) is 17.3. The van der Waals surface area contributed by atoms with Crippen molar-refractivity contribution in [3.05, 3.63) is 42.6 Å². The number of rotatable bonds is 7. The molecule has 0 unspecified atom stereocenters. The molecule has 0 aliphatic carbocycles. The molecular weight excluding hydrogens is 296 g/mol. The van der Waals surface area contributed by atoms with Crippen LogP contribution in [0.1, 0.15) is 5.76 Å². The fraction of sp³-hybridized carbons (Fsp3) is 0.500. The van der Waals surface area contributed by atoms with Gasteiger partial charge >= 0.3 is 0 Å². The van der Waals surface area contributed by atoms with Crippen molar-refractivity contribution < 1.29 is 14.3 Å². The number of aromatic nitrogens is 2. The number of ether oxygens (including phenoxy) is 1. The lowest BCUT2D eigenvalue weighted by Crippen LogP contribution is -2.49. The molecule has 7 heteroatoms. The summed E-state index contributed by atoms with van der Waals surface area (Å²) < 4.78 is 10.7. The van der Waals surface area contributed by atoms with E-state index in [1.165, 1.54) is 0 Å². The molecule has 7 nitrogen and oxygen atoms in total. The molecule has 3 rings (SSSR count). The van der Waals surface area contributed by atoms with Crippen LogP contribution in [0.4, 0.5) is 5.95 Å². The van der Waals surface area contributed by atoms with E-state index in [0.717, 1.165) is 37.9 Å². The van der Waals surface area contributed by atoms with E-state index in [1.54, 1.807) is 18.7 Å². The van der Waals surface area contributed by atoms with Gasteiger partial charge < -0.3 is 19.2 Å². The number of furan rings is 1. The quantitative estimate of drug-likeness (QED) is 0.808. The molecule has 1 aliphatic heterocycles. The molecule has 2 aromatic heterocycles. The molecule has 1 aliphatic rings. The Morgan fingerprint density at radius 2 is 1.96 bits per heavy atom. The minimum Gasteiger partial charge on any atom is -0.467 e. The maximum absolute atomic E-state index is 10.1. The third kappa shape index (κ3) is 4.75. The molecule has 124 valence electrons. The second kappa shape index (κ2) is 8.05. The molecule has 1 fully saturated rings. The average molecular weight is 318 g/mol. The molecule has 1 saturated heterocycles. The van der Waals surface area contributed by atoms with Crippen LogP contribution in [0.15, 0.2) is 41.3 Å². The van der Waals surface area contributed by atoms with Crippen LogP contribution < -0.4 is 4.90 Å². The standard InChI is InChI=1S/C16H22N4O3/c21-14(12-22-13-15-3-1-10-23-15)11-19-6-8-20(9-7-19)16-17-4-2-5-18-16/h1-5,10,14,21H,6-9,11-13H2/t14-/m1/s1. The maximum atomic E-state index is 10.1. The molecule has 0 spiro atoms. The van der Waals surface area contributed by atoms with Crippen molar-refractivity contribution in [1.29, 1.82) is 0 Å². The van der Waals surface area contributed by atoms with Crippen molar-refractivity contribution in [2.75, 3.05) is 44.2 Å². The summed E-state index contributed by atoms with van der Waals surface area (Å²) in [6.07, 6.45) is 4.64. The Bertz CT molecular complexity index is 556. The number of aliphatic hydroxyl groups is 1. The van der Waals surface area contributed by atoms with Crippen molar-refractivity contribution in [3.8, 4) is 0 Å². The predicted octanol–water partition coefficient (Wildman–Crippen LogP) is 0.769. The van der Waals surface area contributed by atoms with Crippen molar-refractivity contribution in [2.45, 2.75) is 12.7 Å². The lowest BCUT2D eigenvalue weighted by Gasteiger charge is -2.35. The smallest absolute Gasteiger partial charge is 0.225 e. The summed E-state index contributed by atoms with van der Waals surface area (Å²) in [5.74, 6) is 1.54. The lowest BCUT2D eigenvalue weighted by molar-refractivity contribution is 0.00438. The molecule has 0 radical (unpaired) electrons. The number of anilines is 1. The molecule has 23 heavy (non-hydrogen) atoms. The molecular formula is C16H22N4O3. The van der Waals surface area contributed by atoms with Crippen LogP contribution in [-0.4, -0.2) is 65.4 Å². The van der Waals surface area contributed by atoms with Gasteiger partial charge in [0, 0.05) is 45.1 Å². The Morgan fingerprint density at radius 3 is 2.65 bits per heavy atom. The van der Waals surface area contributed by atoms with Gasteiger partial charge in [-0.15, -0.1) is 0 Å². The summed E-state index contributed by atoms with van der Waals surface area (Å²) in [6.45, 7) is 4.81. The zero-order chi connectivity index (χ0) is 15.9. The number of β-amino-alcohol motifs (C(OH)–C–C–N with tert-alkyl or cyclic N) is 1. The van der Waals surface area contributed by atoms with Crippen LogP contribution >= 0.6 is 0 Å². The van der Waals surface area contributed by atoms with E-state index in [2.05, 4.69) is 19.8 Å². The highest BCUT2D eigenvalue weighted by atomic mass is 16.5. The molecule has 1 atom stereocenters. The third-order valence-electron chi connectivity index (χ3n) is 3.81. The van der Waals surface area contributed by atoms with Gasteiger partial charge in [-0.2, -0.15) is 0 Å². The monoisotopic (exact) mass is 318 g/mol. The van der Waals surface area contributed by atoms with Crippen LogP contribution in [0, 0.1) is 0 Å². The Kier molecular flexibility index (Phi) is 5.57. The number of hydrogen-bond donors (Lipinski definition) is 1. The van der Waals surface area contributed by atoms with E-state index in [1.807, 2.05) is 18.2 Å². The predicted molar refractivity (Wildman–Crippen MR) is 85.1 cm³/mol. The summed E-state index contributed by atoms with van der Waals surface area (Å²) in [7, 11) is 0. The van der Waals surface area contributed by atoms with E-state index in [-0.39, 0.29) is 0 Å². The van der Waals surface area contributed by atoms with Crippen LogP contribution in [0.2, 0.25) is 0 Å².